The molecule has 0 radical (unpaired) electrons. The number of ether oxygens (including phenoxy) is 2. The molecule has 2 rings (SSSR count). The van der Waals surface area contributed by atoms with Gasteiger partial charge in [-0.25, -0.2) is 4.79 Å². The molecule has 0 saturated carbocycles. The maximum atomic E-state index is 11.9. The summed E-state index contributed by atoms with van der Waals surface area (Å²) < 4.78 is 10.2. The van der Waals surface area contributed by atoms with Crippen molar-refractivity contribution in [3.8, 4) is 0 Å². The Balaban J connectivity index is 1.95. The highest BCUT2D eigenvalue weighted by atomic mass is 16.5. The third-order valence-corrected chi connectivity index (χ3v) is 3.02. The quantitative estimate of drug-likeness (QED) is 0.628. The van der Waals surface area contributed by atoms with Gasteiger partial charge in [0.1, 0.15) is 6.61 Å². The van der Waals surface area contributed by atoms with Gasteiger partial charge in [0.15, 0.2) is 11.6 Å². The van der Waals surface area contributed by atoms with Crippen LogP contribution in [0.5, 0.6) is 0 Å². The van der Waals surface area contributed by atoms with Gasteiger partial charge in [-0.15, -0.1) is 0 Å². The summed E-state index contributed by atoms with van der Waals surface area (Å²) in [6.07, 6.45) is -0.777. The van der Waals surface area contributed by atoms with Crippen molar-refractivity contribution in [3.63, 3.8) is 0 Å². The van der Waals surface area contributed by atoms with E-state index in [1.165, 1.54) is 7.11 Å². The van der Waals surface area contributed by atoms with Crippen molar-refractivity contribution in [2.45, 2.75) is 25.2 Å². The molecule has 5 heteroatoms. The van der Waals surface area contributed by atoms with E-state index in [1.807, 2.05) is 30.3 Å². The maximum Gasteiger partial charge on any atom is 0.335 e. The number of benzene rings is 1. The molecular formula is C13H15NO4. The first-order valence-electron chi connectivity index (χ1n) is 5.64. The van der Waals surface area contributed by atoms with E-state index in [9.17, 15) is 9.59 Å². The summed E-state index contributed by atoms with van der Waals surface area (Å²) in [4.78, 5) is 23.1. The minimum atomic E-state index is -1.08. The average Bonchev–Trinajstić information content (AvgIpc) is 2.37. The lowest BCUT2D eigenvalue weighted by molar-refractivity contribution is -0.176. The van der Waals surface area contributed by atoms with E-state index in [2.05, 4.69) is 5.32 Å². The van der Waals surface area contributed by atoms with Crippen LogP contribution >= 0.6 is 0 Å². The van der Waals surface area contributed by atoms with Crippen LogP contribution in [0, 0.1) is 0 Å². The number of carbonyl (C=O) groups excluding carboxylic acids is 2. The van der Waals surface area contributed by atoms with E-state index >= 15 is 0 Å². The highest BCUT2D eigenvalue weighted by Gasteiger charge is 2.57. The zero-order valence-electron chi connectivity index (χ0n) is 10.3. The first kappa shape index (κ1) is 12.6. The number of hydrogen-bond acceptors (Lipinski definition) is 4. The molecule has 0 spiro atoms. The van der Waals surface area contributed by atoms with Gasteiger partial charge < -0.3 is 14.8 Å². The van der Waals surface area contributed by atoms with Gasteiger partial charge in [0.05, 0.1) is 0 Å². The van der Waals surface area contributed by atoms with Gasteiger partial charge in [-0.3, -0.25) is 4.79 Å². The molecule has 1 amide bonds. The fourth-order valence-electron chi connectivity index (χ4n) is 1.95. The normalized spacial score (nSPS) is 26.1. The van der Waals surface area contributed by atoms with Crippen molar-refractivity contribution in [1.82, 2.24) is 5.32 Å². The van der Waals surface area contributed by atoms with Gasteiger partial charge in [0.2, 0.25) is 0 Å². The SMILES string of the molecule is COC1C(=O)NC1(C)C(=O)OCc1ccccc1. The van der Waals surface area contributed by atoms with Crippen molar-refractivity contribution in [2.24, 2.45) is 0 Å². The standard InChI is InChI=1S/C13H15NO4/c1-13(10(17-2)11(15)14-13)12(16)18-8-9-6-4-3-5-7-9/h3-7,10H,8H2,1-2H3,(H,14,15). The molecule has 5 nitrogen and oxygen atoms in total. The molecule has 1 fully saturated rings. The molecule has 18 heavy (non-hydrogen) atoms. The summed E-state index contributed by atoms with van der Waals surface area (Å²) in [5, 5.41) is 2.52. The molecule has 1 heterocycles. The lowest BCUT2D eigenvalue weighted by Gasteiger charge is -2.42. The highest BCUT2D eigenvalue weighted by molar-refractivity contribution is 6.02. The molecule has 96 valence electrons. The van der Waals surface area contributed by atoms with Crippen LogP contribution in [0.25, 0.3) is 0 Å². The summed E-state index contributed by atoms with van der Waals surface area (Å²) in [6.45, 7) is 1.78. The second-order valence-corrected chi connectivity index (χ2v) is 4.37. The predicted octanol–water partition coefficient (Wildman–Crippen LogP) is 0.633. The molecule has 1 aromatic carbocycles. The Morgan fingerprint density at radius 3 is 2.61 bits per heavy atom. The molecule has 0 aliphatic carbocycles. The minimum absolute atomic E-state index is 0.182. The van der Waals surface area contributed by atoms with Crippen molar-refractivity contribution >= 4 is 11.9 Å². The van der Waals surface area contributed by atoms with Gasteiger partial charge in [0.25, 0.3) is 5.91 Å². The monoisotopic (exact) mass is 249 g/mol. The predicted molar refractivity (Wildman–Crippen MR) is 63.6 cm³/mol. The van der Waals surface area contributed by atoms with E-state index in [-0.39, 0.29) is 12.5 Å². The van der Waals surface area contributed by atoms with Gasteiger partial charge in [-0.1, -0.05) is 30.3 Å². The van der Waals surface area contributed by atoms with Crippen LogP contribution in [-0.2, 0) is 25.7 Å². The zero-order valence-corrected chi connectivity index (χ0v) is 10.3. The molecule has 1 aromatic rings. The Hall–Kier alpha value is -1.88. The van der Waals surface area contributed by atoms with Crippen molar-refractivity contribution in [1.29, 1.82) is 0 Å². The van der Waals surface area contributed by atoms with Crippen molar-refractivity contribution in [3.05, 3.63) is 35.9 Å². The fraction of sp³-hybridized carbons (Fsp3) is 0.385. The molecule has 0 bridgehead atoms. The fourth-order valence-corrected chi connectivity index (χ4v) is 1.95. The van der Waals surface area contributed by atoms with Gasteiger partial charge in [-0.05, 0) is 12.5 Å². The van der Waals surface area contributed by atoms with Gasteiger partial charge >= 0.3 is 5.97 Å². The lowest BCUT2D eigenvalue weighted by atomic mass is 9.86. The molecule has 0 aromatic heterocycles. The number of β-lactam (4-membered cyclic amide) rings is 1. The van der Waals surface area contributed by atoms with Crippen LogP contribution in [0.1, 0.15) is 12.5 Å². The maximum absolute atomic E-state index is 11.9. The third kappa shape index (κ3) is 2.09. The summed E-state index contributed by atoms with van der Waals surface area (Å²) >= 11 is 0. The van der Waals surface area contributed by atoms with E-state index < -0.39 is 17.6 Å². The average molecular weight is 249 g/mol. The Morgan fingerprint density at radius 1 is 1.39 bits per heavy atom. The van der Waals surface area contributed by atoms with Crippen LogP contribution in [0.15, 0.2) is 30.3 Å². The zero-order chi connectivity index (χ0) is 13.2. The number of hydrogen-bond donors (Lipinski definition) is 1. The first-order valence-corrected chi connectivity index (χ1v) is 5.64. The Labute approximate surface area is 105 Å². The number of rotatable bonds is 4. The number of carbonyl (C=O) groups is 2. The van der Waals surface area contributed by atoms with Crippen LogP contribution in [0.2, 0.25) is 0 Å². The number of amides is 1. The topological polar surface area (TPSA) is 64.6 Å². The van der Waals surface area contributed by atoms with Crippen LogP contribution in [0.4, 0.5) is 0 Å². The second-order valence-electron chi connectivity index (χ2n) is 4.37. The second kappa shape index (κ2) is 4.78. The van der Waals surface area contributed by atoms with Gasteiger partial charge in [0, 0.05) is 7.11 Å². The Kier molecular flexibility index (Phi) is 3.34. The minimum Gasteiger partial charge on any atom is -0.459 e. The van der Waals surface area contributed by atoms with Crippen molar-refractivity contribution in [2.75, 3.05) is 7.11 Å². The third-order valence-electron chi connectivity index (χ3n) is 3.02. The van der Waals surface area contributed by atoms with E-state index in [0.717, 1.165) is 5.56 Å². The Morgan fingerprint density at radius 2 is 2.06 bits per heavy atom. The number of methoxy groups -OCH3 is 1. The summed E-state index contributed by atoms with van der Waals surface area (Å²) in [5.41, 5.74) is -0.185. The summed E-state index contributed by atoms with van der Waals surface area (Å²) in [5.74, 6) is -0.783. The number of nitrogens with one attached hydrogen (secondary N) is 1. The van der Waals surface area contributed by atoms with E-state index in [0.29, 0.717) is 0 Å². The molecule has 1 saturated heterocycles. The molecular weight excluding hydrogens is 234 g/mol. The van der Waals surface area contributed by atoms with E-state index in [1.54, 1.807) is 6.92 Å². The summed E-state index contributed by atoms with van der Waals surface area (Å²) in [6, 6.07) is 9.35. The first-order chi connectivity index (χ1) is 8.58. The van der Waals surface area contributed by atoms with E-state index in [4.69, 9.17) is 9.47 Å². The van der Waals surface area contributed by atoms with Crippen molar-refractivity contribution < 1.29 is 19.1 Å². The molecule has 2 unspecified atom stereocenters. The Bertz CT molecular complexity index is 459. The largest absolute Gasteiger partial charge is 0.459 e. The van der Waals surface area contributed by atoms with Crippen LogP contribution in [0.3, 0.4) is 0 Å². The molecule has 2 atom stereocenters. The van der Waals surface area contributed by atoms with Crippen LogP contribution in [-0.4, -0.2) is 30.6 Å². The molecule has 1 aliphatic heterocycles. The summed E-state index contributed by atoms with van der Waals surface area (Å²) in [7, 11) is 1.39. The van der Waals surface area contributed by atoms with Crippen LogP contribution < -0.4 is 5.32 Å². The lowest BCUT2D eigenvalue weighted by Crippen LogP contribution is -2.75. The smallest absolute Gasteiger partial charge is 0.335 e. The number of esters is 1. The highest BCUT2D eigenvalue weighted by Crippen LogP contribution is 2.24. The molecule has 1 aliphatic rings. The van der Waals surface area contributed by atoms with Gasteiger partial charge in [-0.2, -0.15) is 0 Å². The molecule has 1 N–H and O–H groups in total.